The van der Waals surface area contributed by atoms with Gasteiger partial charge in [-0.25, -0.2) is 18.0 Å². The van der Waals surface area contributed by atoms with Crippen molar-refractivity contribution in [3.8, 4) is 11.5 Å². The Kier molecular flexibility index (Phi) is 9.99. The van der Waals surface area contributed by atoms with Crippen LogP contribution in [0.5, 0.6) is 11.5 Å². The number of likely N-dealkylation sites (tertiary alicyclic amines) is 1. The van der Waals surface area contributed by atoms with Gasteiger partial charge in [0.05, 0.1) is 13.2 Å². The lowest BCUT2D eigenvalue weighted by molar-refractivity contribution is 0.0388. The molecule has 7 nitrogen and oxygen atoms in total. The summed E-state index contributed by atoms with van der Waals surface area (Å²) in [5.74, 6) is -2.98. The van der Waals surface area contributed by atoms with E-state index in [0.29, 0.717) is 30.3 Å². The Morgan fingerprint density at radius 2 is 1.62 bits per heavy atom. The van der Waals surface area contributed by atoms with E-state index < -0.39 is 17.5 Å². The summed E-state index contributed by atoms with van der Waals surface area (Å²) in [6.07, 6.45) is 2.01. The predicted octanol–water partition coefficient (Wildman–Crippen LogP) is 6.04. The first-order chi connectivity index (χ1) is 20.3. The van der Waals surface area contributed by atoms with Crippen LogP contribution in [0.3, 0.4) is 0 Å². The van der Waals surface area contributed by atoms with Gasteiger partial charge in [0.2, 0.25) is 0 Å². The third-order valence-electron chi connectivity index (χ3n) is 7.91. The number of nitrogens with zero attached hydrogens (tertiary/aromatic N) is 2. The largest absolute Gasteiger partial charge is 0.454 e. The van der Waals surface area contributed by atoms with Gasteiger partial charge in [-0.2, -0.15) is 0 Å². The summed E-state index contributed by atoms with van der Waals surface area (Å²) >= 11 is 0. The molecule has 0 radical (unpaired) electrons. The van der Waals surface area contributed by atoms with Gasteiger partial charge in [0.25, 0.3) is 0 Å². The fraction of sp³-hybridized carbons (Fsp3) is 0.406. The molecule has 224 valence electrons. The van der Waals surface area contributed by atoms with Crippen molar-refractivity contribution in [3.63, 3.8) is 0 Å². The number of carbonyl (C=O) groups excluding carboxylic acids is 1. The molecule has 2 amide bonds. The van der Waals surface area contributed by atoms with Gasteiger partial charge in [0.1, 0.15) is 5.75 Å². The molecule has 2 heterocycles. The fourth-order valence-electron chi connectivity index (χ4n) is 5.52. The van der Waals surface area contributed by atoms with Crippen LogP contribution in [0, 0.1) is 24.4 Å². The second-order valence-corrected chi connectivity index (χ2v) is 10.9. The number of aryl methyl sites for hydroxylation is 1. The predicted molar refractivity (Wildman–Crippen MR) is 156 cm³/mol. The van der Waals surface area contributed by atoms with E-state index in [-0.39, 0.29) is 11.8 Å². The molecule has 0 saturated carbocycles. The zero-order valence-corrected chi connectivity index (χ0v) is 23.8. The lowest BCUT2D eigenvalue weighted by Crippen LogP contribution is -2.42. The highest BCUT2D eigenvalue weighted by atomic mass is 19.2. The number of piperidine rings is 1. The number of urea groups is 1. The van der Waals surface area contributed by atoms with Gasteiger partial charge in [-0.15, -0.1) is 0 Å². The van der Waals surface area contributed by atoms with Crippen LogP contribution in [-0.4, -0.2) is 68.3 Å². The average molecular weight is 583 g/mol. The second-order valence-electron chi connectivity index (χ2n) is 10.9. The maximum absolute atomic E-state index is 13.9. The van der Waals surface area contributed by atoms with Crippen molar-refractivity contribution < 1.29 is 27.4 Å². The maximum Gasteiger partial charge on any atom is 0.319 e. The van der Waals surface area contributed by atoms with Crippen LogP contribution in [0.25, 0.3) is 0 Å². The highest BCUT2D eigenvalue weighted by molar-refractivity contribution is 5.89. The molecule has 0 spiro atoms. The minimum absolute atomic E-state index is 0.195. The number of benzene rings is 3. The van der Waals surface area contributed by atoms with E-state index >= 15 is 0 Å². The van der Waals surface area contributed by atoms with E-state index in [0.717, 1.165) is 76.6 Å². The zero-order valence-electron chi connectivity index (χ0n) is 23.8. The second kappa shape index (κ2) is 14.0. The lowest BCUT2D eigenvalue weighted by Gasteiger charge is -2.33. The molecule has 5 rings (SSSR count). The molecule has 2 fully saturated rings. The van der Waals surface area contributed by atoms with Crippen molar-refractivity contribution >= 4 is 11.7 Å². The van der Waals surface area contributed by atoms with E-state index in [9.17, 15) is 18.0 Å². The first kappa shape index (κ1) is 29.9. The van der Waals surface area contributed by atoms with Gasteiger partial charge in [-0.1, -0.05) is 18.2 Å². The summed E-state index contributed by atoms with van der Waals surface area (Å²) in [7, 11) is 0. The van der Waals surface area contributed by atoms with E-state index in [1.54, 1.807) is 12.1 Å². The normalized spacial score (nSPS) is 16.8. The minimum atomic E-state index is -1.25. The van der Waals surface area contributed by atoms with Gasteiger partial charge >= 0.3 is 6.03 Å². The SMILES string of the molecule is Cc1ccc(NC(=O)NCCN2CCOCC2)cc1C1CCN(Cc2ccc(Oc3cc(F)c(F)cc3F)cc2)CC1. The lowest BCUT2D eigenvalue weighted by atomic mass is 9.86. The number of amides is 2. The molecule has 3 aromatic carbocycles. The van der Waals surface area contributed by atoms with Crippen LogP contribution < -0.4 is 15.4 Å². The number of halogens is 3. The zero-order chi connectivity index (χ0) is 29.5. The molecule has 10 heteroatoms. The average Bonchev–Trinajstić information content (AvgIpc) is 2.99. The quantitative estimate of drug-likeness (QED) is 0.302. The van der Waals surface area contributed by atoms with Crippen molar-refractivity contribution in [2.45, 2.75) is 32.2 Å². The fourth-order valence-corrected chi connectivity index (χ4v) is 5.52. The smallest absolute Gasteiger partial charge is 0.319 e. The molecule has 0 aromatic heterocycles. The molecule has 2 aliphatic heterocycles. The molecular formula is C32H37F3N4O3. The van der Waals surface area contributed by atoms with Crippen LogP contribution in [0.2, 0.25) is 0 Å². The summed E-state index contributed by atoms with van der Waals surface area (Å²) in [5.41, 5.74) is 4.37. The van der Waals surface area contributed by atoms with Crippen LogP contribution in [0.1, 0.15) is 35.4 Å². The van der Waals surface area contributed by atoms with E-state index in [1.807, 2.05) is 18.2 Å². The van der Waals surface area contributed by atoms with Crippen molar-refractivity contribution in [3.05, 3.63) is 88.7 Å². The Morgan fingerprint density at radius 3 is 2.36 bits per heavy atom. The molecule has 2 aliphatic rings. The Morgan fingerprint density at radius 1 is 0.905 bits per heavy atom. The third kappa shape index (κ3) is 8.02. The summed E-state index contributed by atoms with van der Waals surface area (Å²) in [4.78, 5) is 17.1. The molecule has 2 N–H and O–H groups in total. The van der Waals surface area contributed by atoms with Gasteiger partial charge in [0, 0.05) is 50.5 Å². The molecule has 0 atom stereocenters. The van der Waals surface area contributed by atoms with Gasteiger partial charge in [-0.05, 0) is 79.7 Å². The van der Waals surface area contributed by atoms with Crippen molar-refractivity contribution in [1.82, 2.24) is 15.1 Å². The van der Waals surface area contributed by atoms with E-state index in [2.05, 4.69) is 39.5 Å². The molecule has 2 saturated heterocycles. The number of ether oxygens (including phenoxy) is 2. The summed E-state index contributed by atoms with van der Waals surface area (Å²) in [5, 5.41) is 5.94. The van der Waals surface area contributed by atoms with Crippen LogP contribution in [0.4, 0.5) is 23.7 Å². The third-order valence-corrected chi connectivity index (χ3v) is 7.91. The highest BCUT2D eigenvalue weighted by Gasteiger charge is 2.22. The van der Waals surface area contributed by atoms with Crippen LogP contribution in [-0.2, 0) is 11.3 Å². The summed E-state index contributed by atoms with van der Waals surface area (Å²) in [6, 6.07) is 14.3. The molecule has 0 aliphatic carbocycles. The Balaban J connectivity index is 1.09. The van der Waals surface area contributed by atoms with Gasteiger partial charge in [0.15, 0.2) is 23.2 Å². The van der Waals surface area contributed by atoms with Crippen LogP contribution >= 0.6 is 0 Å². The summed E-state index contributed by atoms with van der Waals surface area (Å²) < 4.78 is 51.3. The molecule has 0 unspecified atom stereocenters. The molecule has 0 bridgehead atoms. The molecule has 42 heavy (non-hydrogen) atoms. The van der Waals surface area contributed by atoms with Gasteiger partial charge in [-0.3, -0.25) is 9.80 Å². The first-order valence-electron chi connectivity index (χ1n) is 14.4. The number of carbonyl (C=O) groups is 1. The monoisotopic (exact) mass is 582 g/mol. The highest BCUT2D eigenvalue weighted by Crippen LogP contribution is 2.33. The van der Waals surface area contributed by atoms with E-state index in [4.69, 9.17) is 9.47 Å². The van der Waals surface area contributed by atoms with E-state index in [1.165, 1.54) is 11.1 Å². The number of anilines is 1. The Hall–Kier alpha value is -3.60. The number of hydrogen-bond acceptors (Lipinski definition) is 5. The minimum Gasteiger partial charge on any atom is -0.454 e. The Labute approximate surface area is 244 Å². The standard InChI is InChI=1S/C32H37F3N4O3/c1-22-2-5-25(37-32(40)36-10-13-38-14-16-41-17-15-38)18-27(22)24-8-11-39(12-9-24)21-23-3-6-26(7-4-23)42-31-20-29(34)28(33)19-30(31)35/h2-7,18-20,24H,8-17,21H2,1H3,(H2,36,37,40). The number of nitrogens with one attached hydrogen (secondary N) is 2. The number of rotatable bonds is 9. The van der Waals surface area contributed by atoms with Gasteiger partial charge < -0.3 is 20.1 Å². The van der Waals surface area contributed by atoms with Crippen molar-refractivity contribution in [1.29, 1.82) is 0 Å². The Bertz CT molecular complexity index is 1360. The first-order valence-corrected chi connectivity index (χ1v) is 14.4. The molecule has 3 aromatic rings. The number of morpholine rings is 1. The van der Waals surface area contributed by atoms with Crippen molar-refractivity contribution in [2.75, 3.05) is 57.8 Å². The topological polar surface area (TPSA) is 66.1 Å². The van der Waals surface area contributed by atoms with Crippen molar-refractivity contribution in [2.24, 2.45) is 0 Å². The van der Waals surface area contributed by atoms with Crippen LogP contribution in [0.15, 0.2) is 54.6 Å². The summed E-state index contributed by atoms with van der Waals surface area (Å²) in [6.45, 7) is 9.42. The maximum atomic E-state index is 13.9. The molecular weight excluding hydrogens is 545 g/mol. The number of hydrogen-bond donors (Lipinski definition) is 2.